The largest absolute Gasteiger partial charge is 0.497 e. The van der Waals surface area contributed by atoms with Gasteiger partial charge in [0.15, 0.2) is 0 Å². The van der Waals surface area contributed by atoms with E-state index in [1.165, 1.54) is 11.8 Å². The molecule has 5 rings (SSSR count). The van der Waals surface area contributed by atoms with Gasteiger partial charge in [0, 0.05) is 62.7 Å². The molecular weight excluding hydrogens is 524 g/mol. The van der Waals surface area contributed by atoms with Gasteiger partial charge in [-0.1, -0.05) is 12.1 Å². The van der Waals surface area contributed by atoms with E-state index < -0.39 is 0 Å². The highest BCUT2D eigenvalue weighted by Gasteiger charge is 2.26. The maximum atomic E-state index is 13.0. The van der Waals surface area contributed by atoms with Crippen molar-refractivity contribution in [2.45, 2.75) is 49.3 Å². The number of rotatable bonds is 8. The van der Waals surface area contributed by atoms with Crippen LogP contribution in [0.1, 0.15) is 52.1 Å². The molecule has 2 amide bonds. The van der Waals surface area contributed by atoms with Gasteiger partial charge in [-0.3, -0.25) is 19.5 Å². The molecule has 1 aromatic heterocycles. The summed E-state index contributed by atoms with van der Waals surface area (Å²) in [5, 5.41) is 3.14. The number of likely N-dealkylation sites (tertiary alicyclic amines) is 2. The van der Waals surface area contributed by atoms with Crippen molar-refractivity contribution in [2.75, 3.05) is 33.3 Å². The predicted octanol–water partition coefficient (Wildman–Crippen LogP) is 4.46. The van der Waals surface area contributed by atoms with Crippen LogP contribution in [0.5, 0.6) is 11.5 Å². The normalized spacial score (nSPS) is 16.9. The third kappa shape index (κ3) is 7.34. The standard InChI is InChI=1S/C31H36N4O4S/c1-38-25-5-2-22(3-6-25)21-34-16-12-24(13-17-34)33-30(36)23-4-11-29(32-20-23)31(37)35-18-14-27(15-19-35)39-26-7-9-28(40)10-8-26/h2-11,20,24,27,40H,12-19,21H2,1H3,(H,33,36). The van der Waals surface area contributed by atoms with Crippen LogP contribution in [-0.2, 0) is 6.54 Å². The highest BCUT2D eigenvalue weighted by molar-refractivity contribution is 7.80. The van der Waals surface area contributed by atoms with Gasteiger partial charge >= 0.3 is 0 Å². The fourth-order valence-corrected chi connectivity index (χ4v) is 5.35. The highest BCUT2D eigenvalue weighted by Crippen LogP contribution is 2.22. The molecule has 0 saturated carbocycles. The maximum Gasteiger partial charge on any atom is 0.272 e. The molecule has 40 heavy (non-hydrogen) atoms. The first-order valence-electron chi connectivity index (χ1n) is 13.8. The van der Waals surface area contributed by atoms with Crippen LogP contribution in [0.2, 0.25) is 0 Å². The monoisotopic (exact) mass is 560 g/mol. The molecule has 0 spiro atoms. The average Bonchev–Trinajstić information content (AvgIpc) is 3.00. The Balaban J connectivity index is 1.05. The smallest absolute Gasteiger partial charge is 0.272 e. The van der Waals surface area contributed by atoms with Crippen molar-refractivity contribution in [1.29, 1.82) is 0 Å². The van der Waals surface area contributed by atoms with Gasteiger partial charge in [0.05, 0.1) is 12.7 Å². The Hall–Kier alpha value is -3.56. The van der Waals surface area contributed by atoms with Crippen LogP contribution >= 0.6 is 12.6 Å². The highest BCUT2D eigenvalue weighted by atomic mass is 32.1. The summed E-state index contributed by atoms with van der Waals surface area (Å²) in [6, 6.07) is 19.2. The molecule has 0 bridgehead atoms. The van der Waals surface area contributed by atoms with Gasteiger partial charge in [-0.25, -0.2) is 0 Å². The number of pyridine rings is 1. The molecule has 210 valence electrons. The van der Waals surface area contributed by atoms with E-state index in [1.54, 1.807) is 24.1 Å². The summed E-state index contributed by atoms with van der Waals surface area (Å²) in [7, 11) is 1.67. The molecule has 9 heteroatoms. The third-order valence-corrected chi connectivity index (χ3v) is 7.90. The summed E-state index contributed by atoms with van der Waals surface area (Å²) in [6.07, 6.45) is 4.88. The summed E-state index contributed by atoms with van der Waals surface area (Å²) in [6.45, 7) is 3.95. The van der Waals surface area contributed by atoms with E-state index in [-0.39, 0.29) is 24.0 Å². The summed E-state index contributed by atoms with van der Waals surface area (Å²) < 4.78 is 11.3. The van der Waals surface area contributed by atoms with E-state index in [0.29, 0.717) is 24.3 Å². The van der Waals surface area contributed by atoms with Gasteiger partial charge < -0.3 is 19.7 Å². The Kier molecular flexibility index (Phi) is 9.23. The lowest BCUT2D eigenvalue weighted by Gasteiger charge is -2.32. The minimum Gasteiger partial charge on any atom is -0.497 e. The molecule has 0 atom stereocenters. The molecule has 3 heterocycles. The quantitative estimate of drug-likeness (QED) is 0.396. The molecule has 8 nitrogen and oxygen atoms in total. The number of ether oxygens (including phenoxy) is 2. The molecule has 0 aliphatic carbocycles. The number of nitrogens with zero attached hydrogens (tertiary/aromatic N) is 3. The van der Waals surface area contributed by atoms with Crippen molar-refractivity contribution in [2.24, 2.45) is 0 Å². The summed E-state index contributed by atoms with van der Waals surface area (Å²) in [4.78, 5) is 35.3. The second-order valence-electron chi connectivity index (χ2n) is 10.4. The second-order valence-corrected chi connectivity index (χ2v) is 10.9. The van der Waals surface area contributed by atoms with Crippen LogP contribution in [0.3, 0.4) is 0 Å². The Labute approximate surface area is 241 Å². The van der Waals surface area contributed by atoms with Gasteiger partial charge in [0.2, 0.25) is 0 Å². The maximum absolute atomic E-state index is 13.0. The van der Waals surface area contributed by atoms with Gasteiger partial charge in [0.25, 0.3) is 11.8 Å². The van der Waals surface area contributed by atoms with E-state index in [1.807, 2.05) is 36.4 Å². The SMILES string of the molecule is COc1ccc(CN2CCC(NC(=O)c3ccc(C(=O)N4CCC(Oc5ccc(S)cc5)CC4)nc3)CC2)cc1. The number of carbonyl (C=O) groups excluding carboxylic acids is 2. The zero-order valence-electron chi connectivity index (χ0n) is 22.8. The number of hydrogen-bond acceptors (Lipinski definition) is 7. The van der Waals surface area contributed by atoms with Gasteiger partial charge in [-0.15, -0.1) is 12.6 Å². The van der Waals surface area contributed by atoms with Gasteiger partial charge in [-0.05, 0) is 66.9 Å². The number of aromatic nitrogens is 1. The number of carbonyl (C=O) groups is 2. The van der Waals surface area contributed by atoms with E-state index in [4.69, 9.17) is 9.47 Å². The lowest BCUT2D eigenvalue weighted by molar-refractivity contribution is 0.0589. The molecule has 2 fully saturated rings. The summed E-state index contributed by atoms with van der Waals surface area (Å²) >= 11 is 4.30. The van der Waals surface area contributed by atoms with Crippen LogP contribution in [0, 0.1) is 0 Å². The summed E-state index contributed by atoms with van der Waals surface area (Å²) in [5.41, 5.74) is 2.07. The van der Waals surface area contributed by atoms with Gasteiger partial charge in [0.1, 0.15) is 23.3 Å². The molecule has 1 N–H and O–H groups in total. The van der Waals surface area contributed by atoms with Crippen molar-refractivity contribution in [3.63, 3.8) is 0 Å². The van der Waals surface area contributed by atoms with E-state index in [0.717, 1.165) is 61.7 Å². The number of thiol groups is 1. The molecular formula is C31H36N4O4S. The third-order valence-electron chi connectivity index (χ3n) is 7.60. The molecule has 2 saturated heterocycles. The second kappa shape index (κ2) is 13.2. The number of amides is 2. The number of hydrogen-bond donors (Lipinski definition) is 2. The fourth-order valence-electron chi connectivity index (χ4n) is 5.20. The van der Waals surface area contributed by atoms with Crippen LogP contribution < -0.4 is 14.8 Å². The zero-order valence-corrected chi connectivity index (χ0v) is 23.7. The Morgan fingerprint density at radius 2 is 1.57 bits per heavy atom. The molecule has 0 radical (unpaired) electrons. The van der Waals surface area contributed by atoms with Crippen molar-refractivity contribution in [3.8, 4) is 11.5 Å². The minimum absolute atomic E-state index is 0.0724. The van der Waals surface area contributed by atoms with Crippen LogP contribution in [0.15, 0.2) is 71.8 Å². The molecule has 0 unspecified atom stereocenters. The van der Waals surface area contributed by atoms with Crippen molar-refractivity contribution < 1.29 is 19.1 Å². The minimum atomic E-state index is -0.149. The Morgan fingerprint density at radius 1 is 0.900 bits per heavy atom. The number of benzene rings is 2. The average molecular weight is 561 g/mol. The molecule has 2 aromatic carbocycles. The number of piperidine rings is 2. The first-order chi connectivity index (χ1) is 19.5. The van der Waals surface area contributed by atoms with Crippen molar-refractivity contribution in [3.05, 3.63) is 83.7 Å². The molecule has 2 aliphatic rings. The van der Waals surface area contributed by atoms with Crippen LogP contribution in [0.25, 0.3) is 0 Å². The van der Waals surface area contributed by atoms with E-state index in [9.17, 15) is 9.59 Å². The molecule has 3 aromatic rings. The topological polar surface area (TPSA) is 84.0 Å². The first-order valence-corrected chi connectivity index (χ1v) is 14.3. The first kappa shape index (κ1) is 28.0. The Morgan fingerprint density at radius 3 is 2.20 bits per heavy atom. The van der Waals surface area contributed by atoms with Gasteiger partial charge in [-0.2, -0.15) is 0 Å². The van der Waals surface area contributed by atoms with Crippen LogP contribution in [0.4, 0.5) is 0 Å². The van der Waals surface area contributed by atoms with E-state index >= 15 is 0 Å². The van der Waals surface area contributed by atoms with Crippen molar-refractivity contribution >= 4 is 24.4 Å². The fraction of sp³-hybridized carbons (Fsp3) is 0.387. The Bertz CT molecular complexity index is 1270. The lowest BCUT2D eigenvalue weighted by atomic mass is 10.0. The van der Waals surface area contributed by atoms with E-state index in [2.05, 4.69) is 40.0 Å². The lowest BCUT2D eigenvalue weighted by Crippen LogP contribution is -2.44. The zero-order chi connectivity index (χ0) is 27.9. The van der Waals surface area contributed by atoms with Crippen LogP contribution in [-0.4, -0.2) is 72.0 Å². The predicted molar refractivity (Wildman–Crippen MR) is 156 cm³/mol. The number of nitrogens with one attached hydrogen (secondary N) is 1. The van der Waals surface area contributed by atoms with Crippen molar-refractivity contribution in [1.82, 2.24) is 20.1 Å². The molecule has 2 aliphatic heterocycles. The summed E-state index contributed by atoms with van der Waals surface area (Å²) in [5.74, 6) is 1.41. The number of methoxy groups -OCH3 is 1.